The van der Waals surface area contributed by atoms with Gasteiger partial charge in [-0.25, -0.2) is 14.5 Å². The number of aliphatic carboxylic acids is 1. The summed E-state index contributed by atoms with van der Waals surface area (Å²) in [7, 11) is 0. The molecule has 12 nitrogen and oxygen atoms in total. The van der Waals surface area contributed by atoms with Crippen molar-refractivity contribution >= 4 is 35.9 Å². The Morgan fingerprint density at radius 3 is 1.82 bits per heavy atom. The lowest BCUT2D eigenvalue weighted by molar-refractivity contribution is -0.148. The molecule has 12 heteroatoms. The molecule has 0 aromatic carbocycles. The van der Waals surface area contributed by atoms with Gasteiger partial charge in [-0.3, -0.25) is 24.1 Å². The summed E-state index contributed by atoms with van der Waals surface area (Å²) in [5, 5.41) is 9.27. The minimum absolute atomic E-state index is 0.173. The molecule has 2 unspecified atom stereocenters. The summed E-state index contributed by atoms with van der Waals surface area (Å²) in [6, 6.07) is -2.26. The van der Waals surface area contributed by atoms with E-state index in [0.29, 0.717) is 4.90 Å². The molecule has 0 aromatic heterocycles. The van der Waals surface area contributed by atoms with E-state index in [0.717, 1.165) is 22.0 Å². The summed E-state index contributed by atoms with van der Waals surface area (Å²) in [5.74, 6) is -3.52. The number of amides is 5. The normalized spacial score (nSPS) is 21.0. The number of hydrogen-bond acceptors (Lipinski definition) is 8. The highest BCUT2D eigenvalue weighted by Gasteiger charge is 2.49. The average molecular weight is 467 g/mol. The molecule has 0 bridgehead atoms. The molecule has 182 valence electrons. The molecule has 0 spiro atoms. The summed E-state index contributed by atoms with van der Waals surface area (Å²) in [5.41, 5.74) is -1.90. The minimum atomic E-state index is -1.34. The lowest BCUT2D eigenvalue weighted by Crippen LogP contribution is -2.50. The van der Waals surface area contributed by atoms with Crippen LogP contribution in [0.2, 0.25) is 0 Å². The maximum atomic E-state index is 12.9. The van der Waals surface area contributed by atoms with Gasteiger partial charge in [-0.1, -0.05) is 0 Å². The first kappa shape index (κ1) is 25.8. The molecular weight excluding hydrogens is 438 g/mol. The summed E-state index contributed by atoms with van der Waals surface area (Å²) in [6.45, 7) is 8.39. The summed E-state index contributed by atoms with van der Waals surface area (Å²) < 4.78 is 10.6. The average Bonchev–Trinajstić information content (AvgIpc) is 3.09. The van der Waals surface area contributed by atoms with Crippen LogP contribution in [0.25, 0.3) is 0 Å². The standard InChI is InChI=1S/C21H29N3O9/c1-20(2,3)32-18(30)23(19(31)33-21(4,5)6)10-12-9-13(17(29)22(12)11-16(27)28)24-14(25)7-8-15(24)26/h7-8,12-13H,9-11H2,1-6H3,(H,27,28). The Morgan fingerprint density at radius 2 is 1.42 bits per heavy atom. The third kappa shape index (κ3) is 6.53. The third-order valence-electron chi connectivity index (χ3n) is 4.59. The van der Waals surface area contributed by atoms with E-state index in [1.807, 2.05) is 0 Å². The van der Waals surface area contributed by atoms with Crippen molar-refractivity contribution in [1.82, 2.24) is 14.7 Å². The number of carboxylic acid groups (broad SMARTS) is 1. The van der Waals surface area contributed by atoms with Crippen molar-refractivity contribution in [2.24, 2.45) is 0 Å². The Balaban J connectivity index is 2.35. The smallest absolute Gasteiger partial charge is 0.419 e. The zero-order valence-corrected chi connectivity index (χ0v) is 19.5. The van der Waals surface area contributed by atoms with Gasteiger partial charge in [0.25, 0.3) is 11.8 Å². The first-order valence-corrected chi connectivity index (χ1v) is 10.3. The lowest BCUT2D eigenvalue weighted by atomic mass is 10.1. The molecule has 0 aromatic rings. The van der Waals surface area contributed by atoms with E-state index in [1.165, 1.54) is 0 Å². The third-order valence-corrected chi connectivity index (χ3v) is 4.59. The quantitative estimate of drug-likeness (QED) is 0.587. The van der Waals surface area contributed by atoms with Gasteiger partial charge in [0.05, 0.1) is 12.6 Å². The maximum Gasteiger partial charge on any atom is 0.419 e. The Morgan fingerprint density at radius 1 is 0.970 bits per heavy atom. The van der Waals surface area contributed by atoms with Crippen molar-refractivity contribution in [3.63, 3.8) is 0 Å². The molecule has 0 radical (unpaired) electrons. The number of nitrogens with zero attached hydrogens (tertiary/aromatic N) is 3. The lowest BCUT2D eigenvalue weighted by Gasteiger charge is -2.31. The van der Waals surface area contributed by atoms with Gasteiger partial charge in [0.15, 0.2) is 0 Å². The number of ether oxygens (including phenoxy) is 2. The summed E-state index contributed by atoms with van der Waals surface area (Å²) >= 11 is 0. The van der Waals surface area contributed by atoms with Gasteiger partial charge in [0.1, 0.15) is 23.8 Å². The Kier molecular flexibility index (Phi) is 7.20. The van der Waals surface area contributed by atoms with Crippen LogP contribution in [0.15, 0.2) is 12.2 Å². The van der Waals surface area contributed by atoms with E-state index in [9.17, 15) is 33.9 Å². The molecular formula is C21H29N3O9. The molecule has 0 saturated carbocycles. The predicted molar refractivity (Wildman–Crippen MR) is 112 cm³/mol. The van der Waals surface area contributed by atoms with Crippen LogP contribution >= 0.6 is 0 Å². The highest BCUT2D eigenvalue weighted by atomic mass is 16.6. The molecule has 2 aliphatic rings. The fraction of sp³-hybridized carbons (Fsp3) is 0.619. The maximum absolute atomic E-state index is 12.9. The zero-order valence-electron chi connectivity index (χ0n) is 19.5. The first-order chi connectivity index (χ1) is 15.0. The van der Waals surface area contributed by atoms with Crippen LogP contribution in [0.4, 0.5) is 9.59 Å². The number of rotatable bonds is 5. The second kappa shape index (κ2) is 9.20. The topological polar surface area (TPSA) is 151 Å². The molecule has 5 amide bonds. The van der Waals surface area contributed by atoms with Gasteiger partial charge in [-0.05, 0) is 48.0 Å². The van der Waals surface area contributed by atoms with E-state index in [-0.39, 0.29) is 6.42 Å². The Labute approximate surface area is 191 Å². The van der Waals surface area contributed by atoms with Crippen molar-refractivity contribution in [2.45, 2.75) is 71.2 Å². The van der Waals surface area contributed by atoms with Gasteiger partial charge in [-0.15, -0.1) is 0 Å². The Bertz CT molecular complexity index is 852. The van der Waals surface area contributed by atoms with Crippen molar-refractivity contribution in [3.8, 4) is 0 Å². The molecule has 2 rings (SSSR count). The van der Waals surface area contributed by atoms with Crippen molar-refractivity contribution in [3.05, 3.63) is 12.2 Å². The SMILES string of the molecule is CC(C)(C)OC(=O)N(CC1CC(N2C(=O)C=CC2=O)C(=O)N1CC(=O)O)C(=O)OC(C)(C)C. The largest absolute Gasteiger partial charge is 0.480 e. The van der Waals surface area contributed by atoms with Gasteiger partial charge in [-0.2, -0.15) is 0 Å². The van der Waals surface area contributed by atoms with E-state index in [4.69, 9.17) is 9.47 Å². The number of imide groups is 2. The van der Waals surface area contributed by atoms with Crippen LogP contribution in [-0.2, 0) is 28.7 Å². The Hall–Kier alpha value is -3.44. The summed E-state index contributed by atoms with van der Waals surface area (Å²) in [4.78, 5) is 76.4. The van der Waals surface area contributed by atoms with Crippen molar-refractivity contribution in [2.75, 3.05) is 13.1 Å². The molecule has 2 heterocycles. The van der Waals surface area contributed by atoms with E-state index in [2.05, 4.69) is 0 Å². The molecule has 0 aliphatic carbocycles. The second-order valence-electron chi connectivity index (χ2n) is 9.72. The molecule has 1 N–H and O–H groups in total. The molecule has 1 fully saturated rings. The monoisotopic (exact) mass is 467 g/mol. The first-order valence-electron chi connectivity index (χ1n) is 10.3. The summed E-state index contributed by atoms with van der Waals surface area (Å²) in [6.07, 6.45) is -0.236. The van der Waals surface area contributed by atoms with Crippen LogP contribution in [0.1, 0.15) is 48.0 Å². The van der Waals surface area contributed by atoms with E-state index >= 15 is 0 Å². The van der Waals surface area contributed by atoms with Crippen LogP contribution in [0, 0.1) is 0 Å². The van der Waals surface area contributed by atoms with Gasteiger partial charge < -0.3 is 19.5 Å². The van der Waals surface area contributed by atoms with Gasteiger partial charge in [0.2, 0.25) is 5.91 Å². The number of carbonyl (C=O) groups is 6. The van der Waals surface area contributed by atoms with E-state index in [1.54, 1.807) is 41.5 Å². The molecule has 2 aliphatic heterocycles. The van der Waals surface area contributed by atoms with Crippen LogP contribution in [-0.4, -0.2) is 92.1 Å². The predicted octanol–water partition coefficient (Wildman–Crippen LogP) is 1.14. The van der Waals surface area contributed by atoms with Crippen molar-refractivity contribution < 1.29 is 43.3 Å². The van der Waals surface area contributed by atoms with Crippen molar-refractivity contribution in [1.29, 1.82) is 0 Å². The number of hydrogen-bond donors (Lipinski definition) is 1. The molecule has 2 atom stereocenters. The fourth-order valence-electron chi connectivity index (χ4n) is 3.39. The minimum Gasteiger partial charge on any atom is -0.480 e. The number of carboxylic acids is 1. The van der Waals surface area contributed by atoms with Crippen LogP contribution in [0.3, 0.4) is 0 Å². The van der Waals surface area contributed by atoms with E-state index < -0.39 is 72.3 Å². The van der Waals surface area contributed by atoms with Crippen LogP contribution < -0.4 is 0 Å². The second-order valence-corrected chi connectivity index (χ2v) is 9.72. The zero-order chi connectivity index (χ0) is 25.3. The molecule has 33 heavy (non-hydrogen) atoms. The van der Waals surface area contributed by atoms with Gasteiger partial charge >= 0.3 is 18.2 Å². The number of likely N-dealkylation sites (tertiary alicyclic amines) is 1. The fourth-order valence-corrected chi connectivity index (χ4v) is 3.39. The highest BCUT2D eigenvalue weighted by Crippen LogP contribution is 2.27. The number of carbonyl (C=O) groups excluding carboxylic acids is 5. The highest BCUT2D eigenvalue weighted by molar-refractivity contribution is 6.15. The van der Waals surface area contributed by atoms with Crippen LogP contribution in [0.5, 0.6) is 0 Å². The van der Waals surface area contributed by atoms with Gasteiger partial charge in [0, 0.05) is 12.2 Å². The molecule has 1 saturated heterocycles.